The van der Waals surface area contributed by atoms with E-state index in [2.05, 4.69) is 5.32 Å². The molecule has 1 aliphatic heterocycles. The molecule has 164 valence electrons. The highest BCUT2D eigenvalue weighted by atomic mass is 16.6. The van der Waals surface area contributed by atoms with E-state index in [4.69, 9.17) is 9.84 Å². The number of hydrogen-bond donors (Lipinski definition) is 3. The summed E-state index contributed by atoms with van der Waals surface area (Å²) in [5.74, 6) is -3.93. The van der Waals surface area contributed by atoms with Gasteiger partial charge in [0.25, 0.3) is 0 Å². The highest BCUT2D eigenvalue weighted by Gasteiger charge is 2.39. The molecule has 11 nitrogen and oxygen atoms in total. The number of carboxylic acids is 2. The lowest BCUT2D eigenvalue weighted by atomic mass is 10.1. The Hall–Kier alpha value is -2.69. The zero-order chi connectivity index (χ0) is 22.2. The molecule has 3 N–H and O–H groups in total. The molecule has 29 heavy (non-hydrogen) atoms. The molecule has 1 saturated heterocycles. The van der Waals surface area contributed by atoms with E-state index in [-0.39, 0.29) is 19.5 Å². The first-order chi connectivity index (χ1) is 13.4. The monoisotopic (exact) mass is 415 g/mol. The highest BCUT2D eigenvalue weighted by molar-refractivity contribution is 6.02. The zero-order valence-corrected chi connectivity index (χ0v) is 17.0. The van der Waals surface area contributed by atoms with Crippen molar-refractivity contribution in [1.82, 2.24) is 15.1 Å². The molecule has 0 aliphatic carbocycles. The number of nitrogens with one attached hydrogen (secondary N) is 1. The maximum absolute atomic E-state index is 12.3. The Kier molecular flexibility index (Phi) is 9.02. The van der Waals surface area contributed by atoms with Crippen LogP contribution in [0.25, 0.3) is 0 Å². The van der Waals surface area contributed by atoms with E-state index in [9.17, 15) is 29.1 Å². The number of carboxylic acid groups (broad SMARTS) is 2. The first kappa shape index (κ1) is 24.3. The smallest absolute Gasteiger partial charge is 0.407 e. The summed E-state index contributed by atoms with van der Waals surface area (Å²) in [7, 11) is 0. The molecule has 0 spiro atoms. The van der Waals surface area contributed by atoms with Crippen LogP contribution >= 0.6 is 0 Å². The van der Waals surface area contributed by atoms with Gasteiger partial charge in [0.15, 0.2) is 0 Å². The van der Waals surface area contributed by atoms with Crippen molar-refractivity contribution < 1.29 is 38.9 Å². The molecule has 1 rings (SSSR count). The van der Waals surface area contributed by atoms with Gasteiger partial charge in [-0.25, -0.2) is 9.59 Å². The number of hydrogen-bond acceptors (Lipinski definition) is 7. The maximum Gasteiger partial charge on any atom is 0.407 e. The number of piperazine rings is 1. The van der Waals surface area contributed by atoms with Crippen molar-refractivity contribution in [1.29, 1.82) is 0 Å². The second kappa shape index (κ2) is 10.7. The van der Waals surface area contributed by atoms with Crippen molar-refractivity contribution in [2.24, 2.45) is 0 Å². The molecule has 1 fully saturated rings. The first-order valence-electron chi connectivity index (χ1n) is 9.39. The number of ether oxygens (including phenoxy) is 1. The number of nitrogens with zero attached hydrogens (tertiary/aromatic N) is 2. The summed E-state index contributed by atoms with van der Waals surface area (Å²) in [6.07, 6.45) is -0.0888. The van der Waals surface area contributed by atoms with Gasteiger partial charge in [0.2, 0.25) is 11.8 Å². The van der Waals surface area contributed by atoms with Gasteiger partial charge in [0.05, 0.1) is 13.1 Å². The van der Waals surface area contributed by atoms with Gasteiger partial charge in [-0.15, -0.1) is 0 Å². The molecule has 0 bridgehead atoms. The van der Waals surface area contributed by atoms with Crippen LogP contribution < -0.4 is 5.32 Å². The number of rotatable bonds is 10. The Labute approximate surface area is 169 Å². The third-order valence-corrected chi connectivity index (χ3v) is 4.05. The lowest BCUT2D eigenvalue weighted by Gasteiger charge is -2.35. The average Bonchev–Trinajstić information content (AvgIpc) is 2.54. The molecule has 1 aliphatic rings. The second-order valence-electron chi connectivity index (χ2n) is 7.79. The Balaban J connectivity index is 2.44. The summed E-state index contributed by atoms with van der Waals surface area (Å²) in [6.45, 7) is 5.84. The SMILES string of the molecule is CC(C)(C)OC(=O)NCCCCN1CC(=O)N(C(CCC(=O)O)C(=O)O)C(=O)C1. The van der Waals surface area contributed by atoms with Crippen molar-refractivity contribution in [3.8, 4) is 0 Å². The van der Waals surface area contributed by atoms with E-state index in [0.717, 1.165) is 0 Å². The Bertz CT molecular complexity index is 626. The lowest BCUT2D eigenvalue weighted by Crippen LogP contribution is -2.59. The molecule has 3 amide bonds. The van der Waals surface area contributed by atoms with Gasteiger partial charge in [0.1, 0.15) is 11.6 Å². The average molecular weight is 415 g/mol. The van der Waals surface area contributed by atoms with E-state index in [1.807, 2.05) is 0 Å². The van der Waals surface area contributed by atoms with Crippen LogP contribution in [0.15, 0.2) is 0 Å². The Morgan fingerprint density at radius 2 is 1.69 bits per heavy atom. The number of alkyl carbamates (subject to hydrolysis) is 1. The van der Waals surface area contributed by atoms with Crippen LogP contribution in [0, 0.1) is 0 Å². The standard InChI is InChI=1S/C18H29N3O8/c1-18(2,3)29-17(28)19-8-4-5-9-20-10-13(22)21(14(23)11-20)12(16(26)27)6-7-15(24)25/h12H,4-11H2,1-3H3,(H,19,28)(H,24,25)(H,26,27). The number of unbranched alkanes of at least 4 members (excludes halogenated alkanes) is 1. The highest BCUT2D eigenvalue weighted by Crippen LogP contribution is 2.15. The molecule has 0 radical (unpaired) electrons. The van der Waals surface area contributed by atoms with E-state index in [0.29, 0.717) is 30.8 Å². The molecule has 11 heteroatoms. The zero-order valence-electron chi connectivity index (χ0n) is 17.0. The van der Waals surface area contributed by atoms with Crippen molar-refractivity contribution >= 4 is 29.8 Å². The Morgan fingerprint density at radius 1 is 1.10 bits per heavy atom. The van der Waals surface area contributed by atoms with Crippen molar-refractivity contribution in [3.05, 3.63) is 0 Å². The van der Waals surface area contributed by atoms with Crippen molar-refractivity contribution in [3.63, 3.8) is 0 Å². The minimum Gasteiger partial charge on any atom is -0.481 e. The molecule has 0 saturated carbocycles. The molecule has 0 aromatic carbocycles. The predicted octanol–water partition coefficient (Wildman–Crippen LogP) is 0.280. The fourth-order valence-corrected chi connectivity index (χ4v) is 2.82. The molecule has 1 heterocycles. The van der Waals surface area contributed by atoms with Crippen LogP contribution in [0.2, 0.25) is 0 Å². The quantitative estimate of drug-likeness (QED) is 0.337. The minimum atomic E-state index is -1.48. The lowest BCUT2D eigenvalue weighted by molar-refractivity contribution is -0.163. The molecule has 0 aromatic rings. The molecule has 1 atom stereocenters. The summed E-state index contributed by atoms with van der Waals surface area (Å²) in [6, 6.07) is -1.48. The van der Waals surface area contributed by atoms with Crippen molar-refractivity contribution in [2.75, 3.05) is 26.2 Å². The van der Waals surface area contributed by atoms with Gasteiger partial charge < -0.3 is 20.3 Å². The van der Waals surface area contributed by atoms with E-state index in [1.54, 1.807) is 25.7 Å². The number of carbonyl (C=O) groups is 5. The normalized spacial score (nSPS) is 16.4. The molecular weight excluding hydrogens is 386 g/mol. The summed E-state index contributed by atoms with van der Waals surface area (Å²) >= 11 is 0. The van der Waals surface area contributed by atoms with Crippen LogP contribution in [0.3, 0.4) is 0 Å². The predicted molar refractivity (Wildman–Crippen MR) is 100 cm³/mol. The molecule has 0 aromatic heterocycles. The Morgan fingerprint density at radius 3 is 2.17 bits per heavy atom. The molecule has 1 unspecified atom stereocenters. The second-order valence-corrected chi connectivity index (χ2v) is 7.79. The number of imide groups is 1. The third-order valence-electron chi connectivity index (χ3n) is 4.05. The molecular formula is C18H29N3O8. The van der Waals surface area contributed by atoms with Gasteiger partial charge in [0, 0.05) is 13.0 Å². The first-order valence-corrected chi connectivity index (χ1v) is 9.39. The van der Waals surface area contributed by atoms with Gasteiger partial charge in [-0.3, -0.25) is 24.2 Å². The fourth-order valence-electron chi connectivity index (χ4n) is 2.82. The van der Waals surface area contributed by atoms with Gasteiger partial charge in [-0.1, -0.05) is 0 Å². The van der Waals surface area contributed by atoms with Crippen LogP contribution in [-0.2, 0) is 23.9 Å². The van der Waals surface area contributed by atoms with Crippen LogP contribution in [0.5, 0.6) is 0 Å². The van der Waals surface area contributed by atoms with E-state index >= 15 is 0 Å². The van der Waals surface area contributed by atoms with Crippen LogP contribution in [0.4, 0.5) is 4.79 Å². The number of carbonyl (C=O) groups excluding carboxylic acids is 3. The largest absolute Gasteiger partial charge is 0.481 e. The number of aliphatic carboxylic acids is 2. The number of amides is 3. The van der Waals surface area contributed by atoms with Crippen molar-refractivity contribution in [2.45, 2.75) is 58.1 Å². The van der Waals surface area contributed by atoms with Gasteiger partial charge >= 0.3 is 18.0 Å². The fraction of sp³-hybridized carbons (Fsp3) is 0.722. The summed E-state index contributed by atoms with van der Waals surface area (Å²) in [5.41, 5.74) is -0.581. The summed E-state index contributed by atoms with van der Waals surface area (Å²) in [5, 5.41) is 20.6. The maximum atomic E-state index is 12.3. The summed E-state index contributed by atoms with van der Waals surface area (Å²) < 4.78 is 5.11. The van der Waals surface area contributed by atoms with E-state index in [1.165, 1.54) is 0 Å². The van der Waals surface area contributed by atoms with E-state index < -0.39 is 47.9 Å². The summed E-state index contributed by atoms with van der Waals surface area (Å²) in [4.78, 5) is 60.4. The van der Waals surface area contributed by atoms with Crippen LogP contribution in [0.1, 0.15) is 46.5 Å². The van der Waals surface area contributed by atoms with Gasteiger partial charge in [-0.05, 0) is 46.6 Å². The third kappa shape index (κ3) is 8.90. The topological polar surface area (TPSA) is 154 Å². The minimum absolute atomic E-state index is 0.123. The van der Waals surface area contributed by atoms with Gasteiger partial charge in [-0.2, -0.15) is 0 Å². The van der Waals surface area contributed by atoms with Crippen LogP contribution in [-0.4, -0.2) is 87.7 Å².